The Balaban J connectivity index is 1.61. The molecule has 1 aromatic carbocycles. The van der Waals surface area contributed by atoms with Gasteiger partial charge in [0.25, 0.3) is 0 Å². The van der Waals surface area contributed by atoms with Crippen molar-refractivity contribution in [2.24, 2.45) is 0 Å². The molecule has 1 saturated carbocycles. The number of unbranched alkanes of at least 4 members (excludes halogenated alkanes) is 1. The zero-order valence-corrected chi connectivity index (χ0v) is 11.2. The second kappa shape index (κ2) is 7.03. The van der Waals surface area contributed by atoms with Crippen LogP contribution in [0.15, 0.2) is 30.3 Å². The van der Waals surface area contributed by atoms with E-state index in [2.05, 4.69) is 35.2 Å². The Kier molecular flexibility index (Phi) is 5.34. The Morgan fingerprint density at radius 3 is 2.47 bits per heavy atom. The molecule has 0 spiro atoms. The highest BCUT2D eigenvalue weighted by atomic mass is 35.5. The van der Waals surface area contributed by atoms with Crippen molar-refractivity contribution < 1.29 is 0 Å². The van der Waals surface area contributed by atoms with Crippen LogP contribution in [0.3, 0.4) is 0 Å². The van der Waals surface area contributed by atoms with Crippen molar-refractivity contribution in [2.75, 3.05) is 19.0 Å². The molecule has 0 aromatic heterocycles. The second-order valence-corrected chi connectivity index (χ2v) is 5.28. The van der Waals surface area contributed by atoms with E-state index in [1.54, 1.807) is 0 Å². The Morgan fingerprint density at radius 2 is 1.82 bits per heavy atom. The first kappa shape index (κ1) is 12.9. The fraction of sp³-hybridized carbons (Fsp3) is 0.600. The second-order valence-electron chi connectivity index (χ2n) is 4.90. The van der Waals surface area contributed by atoms with Gasteiger partial charge in [0.1, 0.15) is 0 Å². The summed E-state index contributed by atoms with van der Waals surface area (Å²) in [6.07, 6.45) is 6.56. The number of alkyl halides is 1. The van der Waals surface area contributed by atoms with Crippen molar-refractivity contribution in [3.63, 3.8) is 0 Å². The minimum atomic E-state index is 0.773. The molecule has 1 aromatic rings. The van der Waals surface area contributed by atoms with Crippen molar-refractivity contribution in [3.8, 4) is 0 Å². The van der Waals surface area contributed by atoms with Crippen molar-refractivity contribution >= 4 is 11.6 Å². The van der Waals surface area contributed by atoms with E-state index in [4.69, 9.17) is 11.6 Å². The lowest BCUT2D eigenvalue weighted by molar-refractivity contribution is 0.273. The predicted octanol–water partition coefficient (Wildman–Crippen LogP) is 3.71. The van der Waals surface area contributed by atoms with Gasteiger partial charge in [-0.15, -0.1) is 11.6 Å². The molecule has 0 aliphatic heterocycles. The summed E-state index contributed by atoms with van der Waals surface area (Å²) in [5.41, 5.74) is 1.46. The fourth-order valence-corrected chi connectivity index (χ4v) is 2.53. The van der Waals surface area contributed by atoms with Crippen LogP contribution in [0.5, 0.6) is 0 Å². The predicted molar refractivity (Wildman–Crippen MR) is 74.7 cm³/mol. The first-order valence-corrected chi connectivity index (χ1v) is 7.27. The first-order chi connectivity index (χ1) is 8.40. The van der Waals surface area contributed by atoms with Crippen molar-refractivity contribution in [2.45, 2.75) is 38.1 Å². The van der Waals surface area contributed by atoms with E-state index < -0.39 is 0 Å². The molecule has 0 atom stereocenters. The van der Waals surface area contributed by atoms with Crippen LogP contribution < -0.4 is 0 Å². The van der Waals surface area contributed by atoms with Gasteiger partial charge in [-0.3, -0.25) is 4.90 Å². The number of aryl methyl sites for hydroxylation is 1. The number of halogens is 1. The SMILES string of the molecule is ClCCN(CCCCc1ccccc1)C1CC1. The third-order valence-corrected chi connectivity index (χ3v) is 3.61. The van der Waals surface area contributed by atoms with Crippen molar-refractivity contribution in [3.05, 3.63) is 35.9 Å². The highest BCUT2D eigenvalue weighted by Crippen LogP contribution is 2.26. The topological polar surface area (TPSA) is 3.24 Å². The molecule has 17 heavy (non-hydrogen) atoms. The number of benzene rings is 1. The summed E-state index contributed by atoms with van der Waals surface area (Å²) in [6, 6.07) is 11.6. The fourth-order valence-electron chi connectivity index (χ4n) is 2.31. The number of hydrogen-bond acceptors (Lipinski definition) is 1. The molecular formula is C15H22ClN. The summed E-state index contributed by atoms with van der Waals surface area (Å²) in [4.78, 5) is 2.57. The molecule has 0 saturated heterocycles. The quantitative estimate of drug-likeness (QED) is 0.503. The Bertz CT molecular complexity index is 308. The van der Waals surface area contributed by atoms with Crippen LogP contribution in [-0.4, -0.2) is 29.9 Å². The summed E-state index contributed by atoms with van der Waals surface area (Å²) >= 11 is 5.84. The lowest BCUT2D eigenvalue weighted by atomic mass is 10.1. The average Bonchev–Trinajstić information content (AvgIpc) is 3.19. The molecular weight excluding hydrogens is 230 g/mol. The Morgan fingerprint density at radius 1 is 1.06 bits per heavy atom. The van der Waals surface area contributed by atoms with E-state index >= 15 is 0 Å². The van der Waals surface area contributed by atoms with E-state index in [0.717, 1.165) is 18.5 Å². The number of hydrogen-bond donors (Lipinski definition) is 0. The lowest BCUT2D eigenvalue weighted by Gasteiger charge is -2.20. The van der Waals surface area contributed by atoms with Gasteiger partial charge in [0, 0.05) is 18.5 Å². The molecule has 0 heterocycles. The monoisotopic (exact) mass is 251 g/mol. The van der Waals surface area contributed by atoms with Gasteiger partial charge in [0.2, 0.25) is 0 Å². The molecule has 1 nitrogen and oxygen atoms in total. The van der Waals surface area contributed by atoms with Crippen LogP contribution in [-0.2, 0) is 6.42 Å². The maximum absolute atomic E-state index is 5.84. The van der Waals surface area contributed by atoms with E-state index in [-0.39, 0.29) is 0 Å². The Labute approximate surface area is 110 Å². The maximum atomic E-state index is 5.84. The lowest BCUT2D eigenvalue weighted by Crippen LogP contribution is -2.29. The number of rotatable bonds is 8. The van der Waals surface area contributed by atoms with Crippen molar-refractivity contribution in [1.29, 1.82) is 0 Å². The molecule has 2 heteroatoms. The highest BCUT2D eigenvalue weighted by molar-refractivity contribution is 6.18. The van der Waals surface area contributed by atoms with E-state index in [1.165, 1.54) is 44.2 Å². The van der Waals surface area contributed by atoms with Crippen LogP contribution in [0.1, 0.15) is 31.2 Å². The molecule has 1 aliphatic rings. The third kappa shape index (κ3) is 4.69. The molecule has 1 aliphatic carbocycles. The summed E-state index contributed by atoms with van der Waals surface area (Å²) in [7, 11) is 0. The van der Waals surface area contributed by atoms with E-state index in [1.807, 2.05) is 0 Å². The van der Waals surface area contributed by atoms with Gasteiger partial charge in [-0.2, -0.15) is 0 Å². The van der Waals surface area contributed by atoms with Gasteiger partial charge >= 0.3 is 0 Å². The smallest absolute Gasteiger partial charge is 0.0351 e. The van der Waals surface area contributed by atoms with Crippen LogP contribution in [0.25, 0.3) is 0 Å². The number of nitrogens with zero attached hydrogens (tertiary/aromatic N) is 1. The summed E-state index contributed by atoms with van der Waals surface area (Å²) in [5, 5.41) is 0. The average molecular weight is 252 g/mol. The van der Waals surface area contributed by atoms with E-state index in [9.17, 15) is 0 Å². The van der Waals surface area contributed by atoms with Gasteiger partial charge in [-0.25, -0.2) is 0 Å². The molecule has 2 rings (SSSR count). The minimum absolute atomic E-state index is 0.773. The highest BCUT2D eigenvalue weighted by Gasteiger charge is 2.27. The van der Waals surface area contributed by atoms with Gasteiger partial charge < -0.3 is 0 Å². The molecule has 1 fully saturated rings. The third-order valence-electron chi connectivity index (χ3n) is 3.44. The molecule has 0 N–H and O–H groups in total. The zero-order chi connectivity index (χ0) is 11.9. The van der Waals surface area contributed by atoms with Crippen LogP contribution in [0, 0.1) is 0 Å². The van der Waals surface area contributed by atoms with Crippen LogP contribution in [0.4, 0.5) is 0 Å². The molecule has 0 radical (unpaired) electrons. The standard InChI is InChI=1S/C15H22ClN/c16-11-13-17(15-9-10-15)12-5-4-8-14-6-2-1-3-7-14/h1-3,6-7,15H,4-5,8-13H2. The molecule has 94 valence electrons. The first-order valence-electron chi connectivity index (χ1n) is 6.74. The Hall–Kier alpha value is -0.530. The molecule has 0 bridgehead atoms. The molecule has 0 amide bonds. The maximum Gasteiger partial charge on any atom is 0.0351 e. The van der Waals surface area contributed by atoms with Crippen LogP contribution >= 0.6 is 11.6 Å². The van der Waals surface area contributed by atoms with Gasteiger partial charge in [-0.1, -0.05) is 30.3 Å². The van der Waals surface area contributed by atoms with Gasteiger partial charge in [0.15, 0.2) is 0 Å². The summed E-state index contributed by atoms with van der Waals surface area (Å²) in [6.45, 7) is 2.29. The van der Waals surface area contributed by atoms with Crippen molar-refractivity contribution in [1.82, 2.24) is 4.90 Å². The van der Waals surface area contributed by atoms with Crippen LogP contribution in [0.2, 0.25) is 0 Å². The summed E-state index contributed by atoms with van der Waals surface area (Å²) in [5.74, 6) is 0.773. The van der Waals surface area contributed by atoms with Gasteiger partial charge in [-0.05, 0) is 44.2 Å². The largest absolute Gasteiger partial charge is 0.299 e. The van der Waals surface area contributed by atoms with Gasteiger partial charge in [0.05, 0.1) is 0 Å². The summed E-state index contributed by atoms with van der Waals surface area (Å²) < 4.78 is 0. The molecule has 0 unspecified atom stereocenters. The van der Waals surface area contributed by atoms with E-state index in [0.29, 0.717) is 0 Å². The normalized spacial score (nSPS) is 15.4. The minimum Gasteiger partial charge on any atom is -0.299 e. The zero-order valence-electron chi connectivity index (χ0n) is 10.4.